The summed E-state index contributed by atoms with van der Waals surface area (Å²) in [4.78, 5) is 10.5. The smallest absolute Gasteiger partial charge is 0.310 e. The van der Waals surface area contributed by atoms with Gasteiger partial charge in [-0.25, -0.2) is 8.42 Å². The molecule has 0 saturated heterocycles. The van der Waals surface area contributed by atoms with Crippen LogP contribution in [-0.4, -0.2) is 19.6 Å². The van der Waals surface area contributed by atoms with Gasteiger partial charge in [-0.05, 0) is 42.2 Å². The Balaban J connectivity index is 2.04. The molecule has 1 unspecified atom stereocenters. The maximum absolute atomic E-state index is 11.8. The molecule has 0 fully saturated rings. The molecule has 0 aromatic heterocycles. The normalized spacial score (nSPS) is 16.7. The standard InChI is InChI=1S/C16H15ClN2O4S/c1-24(22,23)15-7-3-6-14(16(15)19(20)21)18-13-9-8-10-11(13)4-2-5-12(10)17/h2-7,13,18H,8-9H2,1H3. The van der Waals surface area contributed by atoms with E-state index < -0.39 is 20.4 Å². The fourth-order valence-electron chi connectivity index (χ4n) is 3.07. The van der Waals surface area contributed by atoms with Gasteiger partial charge in [0.15, 0.2) is 9.84 Å². The highest BCUT2D eigenvalue weighted by Gasteiger charge is 2.30. The number of rotatable bonds is 4. The van der Waals surface area contributed by atoms with Gasteiger partial charge in [-0.15, -0.1) is 0 Å². The zero-order valence-electron chi connectivity index (χ0n) is 12.8. The molecule has 0 spiro atoms. The number of benzene rings is 2. The fourth-order valence-corrected chi connectivity index (χ4v) is 4.21. The van der Waals surface area contributed by atoms with Crippen LogP contribution in [-0.2, 0) is 16.3 Å². The second-order valence-corrected chi connectivity index (χ2v) is 8.12. The van der Waals surface area contributed by atoms with E-state index in [1.807, 2.05) is 18.2 Å². The van der Waals surface area contributed by atoms with Crippen molar-refractivity contribution in [3.63, 3.8) is 0 Å². The monoisotopic (exact) mass is 366 g/mol. The van der Waals surface area contributed by atoms with E-state index >= 15 is 0 Å². The zero-order chi connectivity index (χ0) is 17.5. The average Bonchev–Trinajstić information content (AvgIpc) is 2.90. The number of hydrogen-bond acceptors (Lipinski definition) is 5. The van der Waals surface area contributed by atoms with Crippen molar-refractivity contribution in [2.45, 2.75) is 23.8 Å². The Morgan fingerprint density at radius 3 is 2.62 bits per heavy atom. The Morgan fingerprint density at radius 1 is 1.25 bits per heavy atom. The molecule has 2 aromatic carbocycles. The van der Waals surface area contributed by atoms with Crippen molar-refractivity contribution >= 4 is 32.8 Å². The van der Waals surface area contributed by atoms with Crippen LogP contribution in [0.1, 0.15) is 23.6 Å². The minimum Gasteiger partial charge on any atom is -0.373 e. The van der Waals surface area contributed by atoms with Gasteiger partial charge < -0.3 is 5.32 Å². The number of nitro groups is 1. The number of hydrogen-bond donors (Lipinski definition) is 1. The second-order valence-electron chi connectivity index (χ2n) is 5.72. The second kappa shape index (κ2) is 6.07. The van der Waals surface area contributed by atoms with E-state index in [9.17, 15) is 18.5 Å². The summed E-state index contributed by atoms with van der Waals surface area (Å²) < 4.78 is 23.7. The van der Waals surface area contributed by atoms with Crippen LogP contribution >= 0.6 is 11.6 Å². The molecule has 0 amide bonds. The maximum Gasteiger partial charge on any atom is 0.310 e. The van der Waals surface area contributed by atoms with Crippen LogP contribution in [0.3, 0.4) is 0 Å². The summed E-state index contributed by atoms with van der Waals surface area (Å²) in [5.41, 5.74) is 1.79. The number of anilines is 1. The van der Waals surface area contributed by atoms with Crippen LogP contribution in [0, 0.1) is 10.1 Å². The summed E-state index contributed by atoms with van der Waals surface area (Å²) in [6.45, 7) is 0. The molecule has 3 rings (SSSR count). The molecule has 126 valence electrons. The van der Waals surface area contributed by atoms with Gasteiger partial charge in [0.05, 0.1) is 11.0 Å². The lowest BCUT2D eigenvalue weighted by Crippen LogP contribution is -2.11. The first-order chi connectivity index (χ1) is 11.3. The number of nitrogens with zero attached hydrogens (tertiary/aromatic N) is 1. The highest BCUT2D eigenvalue weighted by Crippen LogP contribution is 2.40. The van der Waals surface area contributed by atoms with Gasteiger partial charge in [-0.2, -0.15) is 0 Å². The van der Waals surface area contributed by atoms with E-state index in [0.29, 0.717) is 5.02 Å². The molecular weight excluding hydrogens is 352 g/mol. The van der Waals surface area contributed by atoms with Gasteiger partial charge in [0.1, 0.15) is 10.6 Å². The van der Waals surface area contributed by atoms with Crippen molar-refractivity contribution in [1.29, 1.82) is 0 Å². The maximum atomic E-state index is 11.8. The molecule has 1 aliphatic rings. The summed E-state index contributed by atoms with van der Waals surface area (Å²) in [5.74, 6) is 0. The Labute approximate surface area is 144 Å². The summed E-state index contributed by atoms with van der Waals surface area (Å²) in [6, 6.07) is 9.70. The molecular formula is C16H15ClN2O4S. The van der Waals surface area contributed by atoms with E-state index in [0.717, 1.165) is 30.2 Å². The van der Waals surface area contributed by atoms with E-state index in [-0.39, 0.29) is 16.6 Å². The van der Waals surface area contributed by atoms with Gasteiger partial charge in [0.2, 0.25) is 0 Å². The highest BCUT2D eigenvalue weighted by atomic mass is 35.5. The van der Waals surface area contributed by atoms with Crippen molar-refractivity contribution in [2.75, 3.05) is 11.6 Å². The third kappa shape index (κ3) is 2.97. The molecule has 1 aliphatic carbocycles. The summed E-state index contributed by atoms with van der Waals surface area (Å²) >= 11 is 6.19. The van der Waals surface area contributed by atoms with Crippen LogP contribution in [0.2, 0.25) is 5.02 Å². The van der Waals surface area contributed by atoms with Gasteiger partial charge in [0, 0.05) is 11.3 Å². The predicted molar refractivity (Wildman–Crippen MR) is 92.3 cm³/mol. The van der Waals surface area contributed by atoms with Crippen LogP contribution in [0.25, 0.3) is 0 Å². The number of nitro benzene ring substituents is 1. The van der Waals surface area contributed by atoms with Crippen LogP contribution < -0.4 is 5.32 Å². The van der Waals surface area contributed by atoms with Crippen LogP contribution in [0.5, 0.6) is 0 Å². The number of para-hydroxylation sites is 1. The third-order valence-corrected chi connectivity index (χ3v) is 5.61. The van der Waals surface area contributed by atoms with E-state index in [4.69, 9.17) is 11.6 Å². The molecule has 6 nitrogen and oxygen atoms in total. The number of halogens is 1. The fraction of sp³-hybridized carbons (Fsp3) is 0.250. The minimum absolute atomic E-state index is 0.146. The Morgan fingerprint density at radius 2 is 1.96 bits per heavy atom. The Bertz CT molecular complexity index is 928. The molecule has 1 atom stereocenters. The molecule has 0 aliphatic heterocycles. The molecule has 1 N–H and O–H groups in total. The molecule has 0 bridgehead atoms. The number of sulfone groups is 1. The minimum atomic E-state index is -3.70. The van der Waals surface area contributed by atoms with Gasteiger partial charge in [-0.3, -0.25) is 10.1 Å². The van der Waals surface area contributed by atoms with Crippen LogP contribution in [0.15, 0.2) is 41.3 Å². The Kier molecular flexibility index (Phi) is 4.23. The SMILES string of the molecule is CS(=O)(=O)c1cccc(NC2CCc3c(Cl)cccc32)c1[N+](=O)[O-]. The van der Waals surface area contributed by atoms with Crippen molar-refractivity contribution in [2.24, 2.45) is 0 Å². The number of nitrogens with one attached hydrogen (secondary N) is 1. The van der Waals surface area contributed by atoms with Crippen molar-refractivity contribution < 1.29 is 13.3 Å². The lowest BCUT2D eigenvalue weighted by Gasteiger charge is -2.16. The highest BCUT2D eigenvalue weighted by molar-refractivity contribution is 7.90. The molecule has 0 saturated carbocycles. The van der Waals surface area contributed by atoms with Crippen molar-refractivity contribution in [1.82, 2.24) is 0 Å². The first-order valence-corrected chi connectivity index (χ1v) is 9.57. The average molecular weight is 367 g/mol. The first kappa shape index (κ1) is 16.7. The van der Waals surface area contributed by atoms with Gasteiger partial charge >= 0.3 is 5.69 Å². The molecule has 0 radical (unpaired) electrons. The van der Waals surface area contributed by atoms with E-state index in [1.165, 1.54) is 18.2 Å². The molecule has 8 heteroatoms. The predicted octanol–water partition coefficient (Wildman–Crippen LogP) is 3.75. The lowest BCUT2D eigenvalue weighted by molar-refractivity contribution is -0.386. The van der Waals surface area contributed by atoms with Crippen LogP contribution in [0.4, 0.5) is 11.4 Å². The largest absolute Gasteiger partial charge is 0.373 e. The lowest BCUT2D eigenvalue weighted by atomic mass is 10.1. The quantitative estimate of drug-likeness (QED) is 0.657. The summed E-state index contributed by atoms with van der Waals surface area (Å²) in [6.07, 6.45) is 2.47. The van der Waals surface area contributed by atoms with Crippen molar-refractivity contribution in [3.8, 4) is 0 Å². The van der Waals surface area contributed by atoms with E-state index in [1.54, 1.807) is 0 Å². The number of fused-ring (bicyclic) bond motifs is 1. The first-order valence-electron chi connectivity index (χ1n) is 7.30. The topological polar surface area (TPSA) is 89.3 Å². The molecule has 2 aromatic rings. The van der Waals surface area contributed by atoms with Gasteiger partial charge in [0.25, 0.3) is 0 Å². The van der Waals surface area contributed by atoms with E-state index in [2.05, 4.69) is 5.32 Å². The van der Waals surface area contributed by atoms with Gasteiger partial charge in [-0.1, -0.05) is 29.8 Å². The summed E-state index contributed by atoms with van der Waals surface area (Å²) in [7, 11) is -3.70. The summed E-state index contributed by atoms with van der Waals surface area (Å²) in [5, 5.41) is 15.2. The third-order valence-electron chi connectivity index (χ3n) is 4.12. The Hall–Kier alpha value is -2.12. The van der Waals surface area contributed by atoms with Crippen molar-refractivity contribution in [3.05, 3.63) is 62.7 Å². The molecule has 24 heavy (non-hydrogen) atoms. The zero-order valence-corrected chi connectivity index (χ0v) is 14.4. The molecule has 0 heterocycles.